The van der Waals surface area contributed by atoms with E-state index >= 15 is 0 Å². The van der Waals surface area contributed by atoms with Gasteiger partial charge >= 0.3 is 0 Å². The number of rotatable bonds is 3. The molecule has 0 aliphatic carbocycles. The fraction of sp³-hybridized carbons (Fsp3) is 0.206. The van der Waals surface area contributed by atoms with Crippen molar-refractivity contribution in [1.82, 2.24) is 0 Å². The zero-order valence-corrected chi connectivity index (χ0v) is 22.0. The number of aromatic nitrogens is 1. The number of nitrogens with zero attached hydrogens (tertiary/aromatic N) is 1. The maximum atomic E-state index is 6.69. The zero-order valence-electron chi connectivity index (χ0n) is 22.0. The van der Waals surface area contributed by atoms with Gasteiger partial charge in [0.05, 0.1) is 10.9 Å². The lowest BCUT2D eigenvalue weighted by Gasteiger charge is -2.11. The van der Waals surface area contributed by atoms with Crippen LogP contribution in [0.15, 0.2) is 81.8 Å². The third-order valence-corrected chi connectivity index (χ3v) is 7.91. The molecule has 0 radical (unpaired) electrons. The summed E-state index contributed by atoms with van der Waals surface area (Å²) in [6, 6.07) is 23.8. The Balaban J connectivity index is 1.60. The van der Waals surface area contributed by atoms with Crippen LogP contribution in [0.1, 0.15) is 30.5 Å². The van der Waals surface area contributed by atoms with Gasteiger partial charge in [0.25, 0.3) is 0 Å². The molecule has 0 aliphatic rings. The summed E-state index contributed by atoms with van der Waals surface area (Å²) < 4.78 is 15.4. The van der Waals surface area contributed by atoms with Crippen molar-refractivity contribution >= 4 is 54.6 Å². The highest BCUT2D eigenvalue weighted by molar-refractivity contribution is 6.18. The smallest absolute Gasteiger partial charge is 0.224 e. The van der Waals surface area contributed by atoms with Crippen LogP contribution in [0.3, 0.4) is 0 Å². The summed E-state index contributed by atoms with van der Waals surface area (Å²) in [7, 11) is 2.12. The largest absolute Gasteiger partial charge is 0.455 e. The monoisotopic (exact) mass is 484 g/mol. The summed E-state index contributed by atoms with van der Waals surface area (Å²) >= 11 is 0. The van der Waals surface area contributed by atoms with Crippen LogP contribution in [0.25, 0.3) is 65.9 Å². The molecule has 0 spiro atoms. The van der Waals surface area contributed by atoms with Gasteiger partial charge in [-0.25, -0.2) is 4.57 Å². The number of hydrogen-bond donors (Lipinski definition) is 0. The lowest BCUT2D eigenvalue weighted by Crippen LogP contribution is -2.30. The molecule has 182 valence electrons. The molecule has 37 heavy (non-hydrogen) atoms. The van der Waals surface area contributed by atoms with Crippen LogP contribution in [0.5, 0.6) is 0 Å². The molecule has 3 aromatic heterocycles. The van der Waals surface area contributed by atoms with Crippen molar-refractivity contribution in [3.8, 4) is 11.3 Å². The first-order valence-electron chi connectivity index (χ1n) is 13.1. The van der Waals surface area contributed by atoms with Crippen LogP contribution in [-0.4, -0.2) is 0 Å². The van der Waals surface area contributed by atoms with Gasteiger partial charge in [-0.15, -0.1) is 0 Å². The normalized spacial score (nSPS) is 12.3. The van der Waals surface area contributed by atoms with Crippen molar-refractivity contribution in [3.63, 3.8) is 0 Å². The van der Waals surface area contributed by atoms with Gasteiger partial charge in [-0.05, 0) is 67.1 Å². The highest BCUT2D eigenvalue weighted by atomic mass is 16.3. The van der Waals surface area contributed by atoms with Gasteiger partial charge in [-0.3, -0.25) is 0 Å². The standard InChI is InChI=1S/C34H30NO2/c1-19(2)17-22-9-8-11-25-26-14-13-24-27(33(26)37-32(22)25)15-16-35(5)31(24)30-21(4)20(3)18-28-23-10-6-7-12-29(23)36-34(28)30/h6-16,18-19H,17H2,1-5H3/q+1. The Hall–Kier alpha value is -4.11. The van der Waals surface area contributed by atoms with Gasteiger partial charge in [0.2, 0.25) is 5.69 Å². The average molecular weight is 485 g/mol. The van der Waals surface area contributed by atoms with Crippen molar-refractivity contribution in [1.29, 1.82) is 0 Å². The van der Waals surface area contributed by atoms with E-state index in [0.717, 1.165) is 61.6 Å². The van der Waals surface area contributed by atoms with Crippen molar-refractivity contribution in [2.75, 3.05) is 0 Å². The second kappa shape index (κ2) is 7.94. The van der Waals surface area contributed by atoms with E-state index in [9.17, 15) is 0 Å². The van der Waals surface area contributed by atoms with Crippen LogP contribution in [0.4, 0.5) is 0 Å². The Bertz CT molecular complexity index is 2020. The summed E-state index contributed by atoms with van der Waals surface area (Å²) in [6.07, 6.45) is 3.15. The van der Waals surface area contributed by atoms with Gasteiger partial charge < -0.3 is 8.83 Å². The molecule has 3 heteroatoms. The Morgan fingerprint density at radius 2 is 1.43 bits per heavy atom. The molecule has 0 saturated heterocycles. The lowest BCUT2D eigenvalue weighted by molar-refractivity contribution is -0.659. The Kier molecular flexibility index (Phi) is 4.75. The van der Waals surface area contributed by atoms with Crippen LogP contribution < -0.4 is 4.57 Å². The van der Waals surface area contributed by atoms with Crippen molar-refractivity contribution < 1.29 is 13.4 Å². The van der Waals surface area contributed by atoms with E-state index in [1.54, 1.807) is 0 Å². The lowest BCUT2D eigenvalue weighted by atomic mass is 9.93. The first kappa shape index (κ1) is 22.1. The average Bonchev–Trinajstić information content (AvgIpc) is 3.44. The summed E-state index contributed by atoms with van der Waals surface area (Å²) in [6.45, 7) is 8.91. The summed E-state index contributed by atoms with van der Waals surface area (Å²) in [4.78, 5) is 0. The van der Waals surface area contributed by atoms with E-state index in [0.29, 0.717) is 5.92 Å². The number of benzene rings is 4. The summed E-state index contributed by atoms with van der Waals surface area (Å²) in [5, 5.41) is 6.97. The van der Waals surface area contributed by atoms with Crippen LogP contribution >= 0.6 is 0 Å². The molecular formula is C34H30NO2+. The van der Waals surface area contributed by atoms with Crippen molar-refractivity contribution in [2.24, 2.45) is 13.0 Å². The number of furan rings is 2. The van der Waals surface area contributed by atoms with E-state index < -0.39 is 0 Å². The third-order valence-electron chi connectivity index (χ3n) is 7.91. The third kappa shape index (κ3) is 3.16. The predicted octanol–water partition coefficient (Wildman–Crippen LogP) is 8.95. The van der Waals surface area contributed by atoms with Crippen molar-refractivity contribution in [2.45, 2.75) is 34.1 Å². The maximum Gasteiger partial charge on any atom is 0.224 e. The minimum atomic E-state index is 0.566. The van der Waals surface area contributed by atoms with Crippen LogP contribution in [-0.2, 0) is 13.5 Å². The molecule has 7 rings (SSSR count). The van der Waals surface area contributed by atoms with Gasteiger partial charge in [-0.2, -0.15) is 0 Å². The molecule has 0 bridgehead atoms. The second-order valence-corrected chi connectivity index (χ2v) is 10.8. The molecule has 7 aromatic rings. The number of pyridine rings is 1. The number of hydrogen-bond acceptors (Lipinski definition) is 2. The summed E-state index contributed by atoms with van der Waals surface area (Å²) in [5.41, 5.74) is 9.89. The number of fused-ring (bicyclic) bond motifs is 8. The molecule has 0 unspecified atom stereocenters. The van der Waals surface area contributed by atoms with Crippen molar-refractivity contribution in [3.05, 3.63) is 89.6 Å². The minimum absolute atomic E-state index is 0.566. The van der Waals surface area contributed by atoms with E-state index in [-0.39, 0.29) is 0 Å². The SMILES string of the molecule is Cc1cc2c(oc3ccccc32)c(-c2c3ccc4c5cccc(CC(C)C)c5oc4c3cc[n+]2C)c1C. The molecular weight excluding hydrogens is 454 g/mol. The molecule has 3 nitrogen and oxygen atoms in total. The molecule has 0 amide bonds. The Morgan fingerprint density at radius 1 is 0.703 bits per heavy atom. The predicted molar refractivity (Wildman–Crippen MR) is 153 cm³/mol. The van der Waals surface area contributed by atoms with Gasteiger partial charge in [0.1, 0.15) is 29.4 Å². The van der Waals surface area contributed by atoms with Gasteiger partial charge in [0, 0.05) is 33.0 Å². The number of aryl methyl sites for hydroxylation is 2. The molecule has 3 heterocycles. The molecule has 0 fully saturated rings. The fourth-order valence-corrected chi connectivity index (χ4v) is 6.05. The molecule has 0 aliphatic heterocycles. The first-order valence-corrected chi connectivity index (χ1v) is 13.1. The first-order chi connectivity index (χ1) is 17.9. The quantitative estimate of drug-likeness (QED) is 0.234. The highest BCUT2D eigenvalue weighted by Gasteiger charge is 2.26. The van der Waals surface area contributed by atoms with Gasteiger partial charge in [0.15, 0.2) is 6.20 Å². The minimum Gasteiger partial charge on any atom is -0.455 e. The fourth-order valence-electron chi connectivity index (χ4n) is 6.05. The molecule has 0 N–H and O–H groups in total. The zero-order chi connectivity index (χ0) is 25.4. The van der Waals surface area contributed by atoms with E-state index in [1.165, 1.54) is 27.5 Å². The highest BCUT2D eigenvalue weighted by Crippen LogP contribution is 2.42. The maximum absolute atomic E-state index is 6.69. The molecule has 0 atom stereocenters. The second-order valence-electron chi connectivity index (χ2n) is 10.8. The van der Waals surface area contributed by atoms with Gasteiger partial charge in [-0.1, -0.05) is 50.2 Å². The summed E-state index contributed by atoms with van der Waals surface area (Å²) in [5.74, 6) is 0.566. The van der Waals surface area contributed by atoms with E-state index in [2.05, 4.69) is 106 Å². The molecule has 0 saturated carbocycles. The Labute approximate surface area is 215 Å². The van der Waals surface area contributed by atoms with Crippen LogP contribution in [0, 0.1) is 19.8 Å². The number of para-hydroxylation sites is 2. The van der Waals surface area contributed by atoms with E-state index in [4.69, 9.17) is 8.83 Å². The topological polar surface area (TPSA) is 30.2 Å². The Morgan fingerprint density at radius 3 is 2.27 bits per heavy atom. The van der Waals surface area contributed by atoms with E-state index in [1.807, 2.05) is 6.07 Å². The molecule has 4 aromatic carbocycles. The van der Waals surface area contributed by atoms with Crippen LogP contribution in [0.2, 0.25) is 0 Å².